The van der Waals surface area contributed by atoms with E-state index in [2.05, 4.69) is 5.32 Å². The van der Waals surface area contributed by atoms with Gasteiger partial charge in [0, 0.05) is 24.6 Å². The van der Waals surface area contributed by atoms with Crippen molar-refractivity contribution in [3.05, 3.63) is 132 Å². The second kappa shape index (κ2) is 14.8. The van der Waals surface area contributed by atoms with Crippen LogP contribution in [0.1, 0.15) is 37.0 Å². The second-order valence-corrected chi connectivity index (χ2v) is 12.7. The molecule has 44 heavy (non-hydrogen) atoms. The standard InChI is InChI=1S/C35H38FN3O4S/c1-4-27(3)37-35(41)33(23-28-13-7-5-8-14-28)38(24-29-15-11-12-18-32(29)36)34(40)25-39(30-21-19-26(2)20-22-30)44(42,43)31-16-9-6-10-17-31/h5-22,27,33H,4,23-25H2,1-3H3,(H,37,41). The van der Waals surface area contributed by atoms with E-state index in [1.54, 1.807) is 60.7 Å². The van der Waals surface area contributed by atoms with Crippen molar-refractivity contribution in [2.45, 2.75) is 57.1 Å². The zero-order valence-electron chi connectivity index (χ0n) is 25.2. The molecule has 0 fully saturated rings. The molecule has 0 aromatic heterocycles. The van der Waals surface area contributed by atoms with E-state index >= 15 is 4.39 Å². The van der Waals surface area contributed by atoms with Crippen molar-refractivity contribution in [2.24, 2.45) is 0 Å². The summed E-state index contributed by atoms with van der Waals surface area (Å²) in [5.41, 5.74) is 2.23. The number of nitrogens with one attached hydrogen (secondary N) is 1. The second-order valence-electron chi connectivity index (χ2n) is 10.8. The number of hydrogen-bond donors (Lipinski definition) is 1. The smallest absolute Gasteiger partial charge is 0.264 e. The molecule has 7 nitrogen and oxygen atoms in total. The van der Waals surface area contributed by atoms with Gasteiger partial charge in [0.05, 0.1) is 10.6 Å². The van der Waals surface area contributed by atoms with Crippen molar-refractivity contribution in [1.82, 2.24) is 10.2 Å². The highest BCUT2D eigenvalue weighted by molar-refractivity contribution is 7.92. The lowest BCUT2D eigenvalue weighted by molar-refractivity contribution is -0.140. The van der Waals surface area contributed by atoms with Crippen LogP contribution in [0.15, 0.2) is 114 Å². The van der Waals surface area contributed by atoms with Crippen LogP contribution < -0.4 is 9.62 Å². The van der Waals surface area contributed by atoms with Crippen molar-refractivity contribution >= 4 is 27.5 Å². The summed E-state index contributed by atoms with van der Waals surface area (Å²) in [5.74, 6) is -1.58. The summed E-state index contributed by atoms with van der Waals surface area (Å²) in [6.07, 6.45) is 0.820. The Morgan fingerprint density at radius 3 is 2.05 bits per heavy atom. The number of hydrogen-bond acceptors (Lipinski definition) is 4. The number of halogens is 1. The number of benzene rings is 4. The normalized spacial score (nSPS) is 12.6. The highest BCUT2D eigenvalue weighted by atomic mass is 32.2. The first-order valence-electron chi connectivity index (χ1n) is 14.6. The quantitative estimate of drug-likeness (QED) is 0.203. The van der Waals surface area contributed by atoms with Crippen LogP contribution in [-0.4, -0.2) is 43.8 Å². The molecule has 1 N–H and O–H groups in total. The molecular weight excluding hydrogens is 577 g/mol. The molecular formula is C35H38FN3O4S. The fourth-order valence-corrected chi connectivity index (χ4v) is 6.20. The molecule has 9 heteroatoms. The van der Waals surface area contributed by atoms with E-state index < -0.39 is 40.2 Å². The molecule has 0 spiro atoms. The largest absolute Gasteiger partial charge is 0.352 e. The summed E-state index contributed by atoms with van der Waals surface area (Å²) in [6, 6.07) is 28.8. The minimum atomic E-state index is -4.19. The van der Waals surface area contributed by atoms with Crippen molar-refractivity contribution in [2.75, 3.05) is 10.8 Å². The van der Waals surface area contributed by atoms with E-state index in [4.69, 9.17) is 0 Å². The van der Waals surface area contributed by atoms with Crippen molar-refractivity contribution in [3.8, 4) is 0 Å². The Labute approximate surface area is 259 Å². The molecule has 0 aliphatic rings. The van der Waals surface area contributed by atoms with Gasteiger partial charge >= 0.3 is 0 Å². The van der Waals surface area contributed by atoms with Crippen LogP contribution in [0.4, 0.5) is 10.1 Å². The van der Waals surface area contributed by atoms with E-state index in [-0.39, 0.29) is 29.5 Å². The fraction of sp³-hybridized carbons (Fsp3) is 0.257. The summed E-state index contributed by atoms with van der Waals surface area (Å²) >= 11 is 0. The Bertz CT molecular complexity index is 1650. The average molecular weight is 616 g/mol. The molecule has 2 atom stereocenters. The molecule has 0 bridgehead atoms. The van der Waals surface area contributed by atoms with Gasteiger partial charge in [0.1, 0.15) is 18.4 Å². The van der Waals surface area contributed by atoms with Gasteiger partial charge in [-0.05, 0) is 56.2 Å². The molecule has 0 radical (unpaired) electrons. The highest BCUT2D eigenvalue weighted by Gasteiger charge is 2.35. The monoisotopic (exact) mass is 615 g/mol. The molecule has 4 aromatic carbocycles. The first-order valence-corrected chi connectivity index (χ1v) is 16.1. The van der Waals surface area contributed by atoms with E-state index in [1.165, 1.54) is 23.1 Å². The minimum absolute atomic E-state index is 0.0179. The SMILES string of the molecule is CCC(C)NC(=O)C(Cc1ccccc1)N(Cc1ccccc1F)C(=O)CN(c1ccc(C)cc1)S(=O)(=O)c1ccccc1. The van der Waals surface area contributed by atoms with Crippen LogP contribution >= 0.6 is 0 Å². The number of carbonyl (C=O) groups is 2. The lowest BCUT2D eigenvalue weighted by Gasteiger charge is -2.34. The van der Waals surface area contributed by atoms with Gasteiger partial charge in [0.2, 0.25) is 11.8 Å². The highest BCUT2D eigenvalue weighted by Crippen LogP contribution is 2.25. The van der Waals surface area contributed by atoms with Gasteiger partial charge in [-0.1, -0.05) is 91.3 Å². The van der Waals surface area contributed by atoms with Gasteiger partial charge in [-0.2, -0.15) is 0 Å². The molecule has 0 aliphatic heterocycles. The predicted octanol–water partition coefficient (Wildman–Crippen LogP) is 5.88. The van der Waals surface area contributed by atoms with E-state index in [9.17, 15) is 18.0 Å². The third-order valence-corrected chi connectivity index (χ3v) is 9.29. The number of anilines is 1. The van der Waals surface area contributed by atoms with Crippen LogP contribution in [0.2, 0.25) is 0 Å². The van der Waals surface area contributed by atoms with Crippen LogP contribution in [0.3, 0.4) is 0 Å². The number of amides is 2. The molecule has 4 rings (SSSR count). The lowest BCUT2D eigenvalue weighted by Crippen LogP contribution is -2.54. The summed E-state index contributed by atoms with van der Waals surface area (Å²) in [6.45, 7) is 4.85. The summed E-state index contributed by atoms with van der Waals surface area (Å²) < 4.78 is 44.0. The average Bonchev–Trinajstić information content (AvgIpc) is 3.03. The Morgan fingerprint density at radius 2 is 1.43 bits per heavy atom. The number of sulfonamides is 1. The molecule has 0 aliphatic carbocycles. The summed E-state index contributed by atoms with van der Waals surface area (Å²) in [4.78, 5) is 29.5. The fourth-order valence-electron chi connectivity index (χ4n) is 4.76. The third-order valence-electron chi connectivity index (χ3n) is 7.50. The van der Waals surface area contributed by atoms with Crippen LogP contribution in [0, 0.1) is 12.7 Å². The van der Waals surface area contributed by atoms with Gasteiger partial charge in [-0.3, -0.25) is 13.9 Å². The zero-order valence-corrected chi connectivity index (χ0v) is 26.0. The number of carbonyl (C=O) groups excluding carboxylic acids is 2. The Kier molecular flexibility index (Phi) is 10.9. The van der Waals surface area contributed by atoms with Gasteiger partial charge < -0.3 is 10.2 Å². The Balaban J connectivity index is 1.80. The molecule has 0 saturated carbocycles. The Morgan fingerprint density at radius 1 is 0.841 bits per heavy atom. The molecule has 4 aromatic rings. The van der Waals surface area contributed by atoms with E-state index in [0.29, 0.717) is 12.1 Å². The van der Waals surface area contributed by atoms with Gasteiger partial charge in [0.25, 0.3) is 10.0 Å². The zero-order chi connectivity index (χ0) is 31.7. The Hall–Kier alpha value is -4.50. The lowest BCUT2D eigenvalue weighted by atomic mass is 10.0. The molecule has 2 unspecified atom stereocenters. The maximum absolute atomic E-state index is 15.0. The van der Waals surface area contributed by atoms with Crippen molar-refractivity contribution in [3.63, 3.8) is 0 Å². The van der Waals surface area contributed by atoms with E-state index in [1.807, 2.05) is 51.1 Å². The number of aryl methyl sites for hydroxylation is 1. The van der Waals surface area contributed by atoms with Crippen LogP contribution in [-0.2, 0) is 32.6 Å². The number of nitrogens with zero attached hydrogens (tertiary/aromatic N) is 2. The van der Waals surface area contributed by atoms with Gasteiger partial charge in [-0.25, -0.2) is 12.8 Å². The molecule has 2 amide bonds. The first kappa shape index (κ1) is 32.4. The van der Waals surface area contributed by atoms with Crippen LogP contribution in [0.25, 0.3) is 0 Å². The predicted molar refractivity (Wildman–Crippen MR) is 171 cm³/mol. The van der Waals surface area contributed by atoms with Crippen molar-refractivity contribution < 1.29 is 22.4 Å². The summed E-state index contributed by atoms with van der Waals surface area (Å²) in [5, 5.41) is 2.97. The summed E-state index contributed by atoms with van der Waals surface area (Å²) in [7, 11) is -4.19. The van der Waals surface area contributed by atoms with Crippen LogP contribution in [0.5, 0.6) is 0 Å². The van der Waals surface area contributed by atoms with Gasteiger partial charge in [0.15, 0.2) is 0 Å². The number of rotatable bonds is 13. The van der Waals surface area contributed by atoms with Crippen molar-refractivity contribution in [1.29, 1.82) is 0 Å². The molecule has 0 heterocycles. The third kappa shape index (κ3) is 8.11. The molecule has 0 saturated heterocycles. The minimum Gasteiger partial charge on any atom is -0.352 e. The first-order chi connectivity index (χ1) is 21.1. The maximum atomic E-state index is 15.0. The maximum Gasteiger partial charge on any atom is 0.264 e. The topological polar surface area (TPSA) is 86.8 Å². The van der Waals surface area contributed by atoms with E-state index in [0.717, 1.165) is 15.4 Å². The molecule has 230 valence electrons. The van der Waals surface area contributed by atoms with Gasteiger partial charge in [-0.15, -0.1) is 0 Å².